The summed E-state index contributed by atoms with van der Waals surface area (Å²) in [6.07, 6.45) is 6.44. The van der Waals surface area contributed by atoms with E-state index in [1.807, 2.05) is 12.3 Å². The van der Waals surface area contributed by atoms with Gasteiger partial charge in [-0.15, -0.1) is 0 Å². The molecule has 4 heteroatoms. The summed E-state index contributed by atoms with van der Waals surface area (Å²) in [6.45, 7) is 4.75. The second-order valence-electron chi connectivity index (χ2n) is 7.14. The molecule has 0 amide bonds. The topological polar surface area (TPSA) is 47.0 Å². The van der Waals surface area contributed by atoms with Crippen LogP contribution in [0, 0.1) is 6.92 Å². The van der Waals surface area contributed by atoms with Crippen LogP contribution < -0.4 is 5.32 Å². The van der Waals surface area contributed by atoms with Crippen molar-refractivity contribution >= 4 is 5.82 Å². The van der Waals surface area contributed by atoms with Crippen molar-refractivity contribution in [3.63, 3.8) is 0 Å². The Bertz CT molecular complexity index is 706. The van der Waals surface area contributed by atoms with E-state index >= 15 is 0 Å². The maximum absolute atomic E-state index is 5.64. The zero-order valence-electron chi connectivity index (χ0n) is 14.3. The summed E-state index contributed by atoms with van der Waals surface area (Å²) in [5.41, 5.74) is 2.92. The van der Waals surface area contributed by atoms with E-state index < -0.39 is 0 Å². The Morgan fingerprint density at radius 1 is 1.17 bits per heavy atom. The van der Waals surface area contributed by atoms with Gasteiger partial charge in [-0.3, -0.25) is 0 Å². The average molecular weight is 323 g/mol. The fourth-order valence-electron chi connectivity index (χ4n) is 3.74. The molecule has 0 radical (unpaired) electrons. The molecule has 2 fully saturated rings. The lowest BCUT2D eigenvalue weighted by Gasteiger charge is -2.39. The predicted octanol–water partition coefficient (Wildman–Crippen LogP) is 3.82. The second-order valence-corrected chi connectivity index (χ2v) is 7.14. The molecule has 1 aliphatic carbocycles. The van der Waals surface area contributed by atoms with E-state index in [0.29, 0.717) is 5.92 Å². The molecule has 0 unspecified atom stereocenters. The monoisotopic (exact) mass is 323 g/mol. The zero-order valence-corrected chi connectivity index (χ0v) is 14.3. The van der Waals surface area contributed by atoms with Crippen LogP contribution in [0.3, 0.4) is 0 Å². The van der Waals surface area contributed by atoms with Crippen LogP contribution in [0.15, 0.2) is 36.5 Å². The van der Waals surface area contributed by atoms with Crippen molar-refractivity contribution in [3.05, 3.63) is 53.5 Å². The number of ether oxygens (including phenoxy) is 1. The standard InChI is InChI=1S/C20H25N3O/c1-15-4-2-3-5-17(15)20(9-12-24-13-10-20)14-22-18-8-11-21-19(23-18)16-6-7-16/h2-5,8,11,16H,6-7,9-10,12-14H2,1H3,(H,21,22,23). The van der Waals surface area contributed by atoms with Crippen LogP contribution in [0.1, 0.15) is 48.6 Å². The van der Waals surface area contributed by atoms with Crippen molar-refractivity contribution < 1.29 is 4.74 Å². The Morgan fingerprint density at radius 2 is 1.96 bits per heavy atom. The van der Waals surface area contributed by atoms with Crippen molar-refractivity contribution in [2.75, 3.05) is 25.1 Å². The summed E-state index contributed by atoms with van der Waals surface area (Å²) >= 11 is 0. The van der Waals surface area contributed by atoms with Crippen molar-refractivity contribution in [1.29, 1.82) is 0 Å². The number of rotatable bonds is 5. The highest BCUT2D eigenvalue weighted by molar-refractivity contribution is 5.39. The highest BCUT2D eigenvalue weighted by Crippen LogP contribution is 2.39. The number of hydrogen-bond acceptors (Lipinski definition) is 4. The van der Waals surface area contributed by atoms with Crippen LogP contribution in [-0.4, -0.2) is 29.7 Å². The summed E-state index contributed by atoms with van der Waals surface area (Å²) in [5, 5.41) is 3.60. The van der Waals surface area contributed by atoms with Crippen molar-refractivity contribution in [1.82, 2.24) is 9.97 Å². The molecular weight excluding hydrogens is 298 g/mol. The van der Waals surface area contributed by atoms with Crippen LogP contribution in [0.4, 0.5) is 5.82 Å². The Labute approximate surface area is 143 Å². The van der Waals surface area contributed by atoms with E-state index in [2.05, 4.69) is 41.5 Å². The quantitative estimate of drug-likeness (QED) is 0.908. The molecule has 1 aromatic carbocycles. The molecule has 1 saturated heterocycles. The van der Waals surface area contributed by atoms with E-state index in [1.54, 1.807) is 0 Å². The molecule has 1 aromatic heterocycles. The highest BCUT2D eigenvalue weighted by Gasteiger charge is 2.35. The van der Waals surface area contributed by atoms with Gasteiger partial charge in [0, 0.05) is 37.3 Å². The molecular formula is C20H25N3O. The molecule has 126 valence electrons. The Morgan fingerprint density at radius 3 is 2.71 bits per heavy atom. The van der Waals surface area contributed by atoms with Crippen LogP contribution in [-0.2, 0) is 10.2 Å². The predicted molar refractivity (Wildman–Crippen MR) is 95.4 cm³/mol. The van der Waals surface area contributed by atoms with Crippen LogP contribution >= 0.6 is 0 Å². The number of anilines is 1. The SMILES string of the molecule is Cc1ccccc1C1(CNc2ccnc(C3CC3)n2)CCOCC1. The van der Waals surface area contributed by atoms with E-state index in [4.69, 9.17) is 9.72 Å². The number of benzene rings is 1. The molecule has 24 heavy (non-hydrogen) atoms. The van der Waals surface area contributed by atoms with Crippen molar-refractivity contribution in [2.24, 2.45) is 0 Å². The smallest absolute Gasteiger partial charge is 0.133 e. The van der Waals surface area contributed by atoms with Gasteiger partial charge in [0.05, 0.1) is 0 Å². The van der Waals surface area contributed by atoms with Gasteiger partial charge in [0.25, 0.3) is 0 Å². The van der Waals surface area contributed by atoms with Gasteiger partial charge in [0.2, 0.25) is 0 Å². The molecule has 0 bridgehead atoms. The summed E-state index contributed by atoms with van der Waals surface area (Å²) < 4.78 is 5.64. The van der Waals surface area contributed by atoms with Crippen molar-refractivity contribution in [3.8, 4) is 0 Å². The van der Waals surface area contributed by atoms with Gasteiger partial charge in [-0.2, -0.15) is 0 Å². The third-order valence-corrected chi connectivity index (χ3v) is 5.39. The Balaban J connectivity index is 1.56. The van der Waals surface area contributed by atoms with Gasteiger partial charge in [0.15, 0.2) is 0 Å². The second kappa shape index (κ2) is 6.52. The molecule has 0 atom stereocenters. The zero-order chi connectivity index (χ0) is 16.4. The van der Waals surface area contributed by atoms with Gasteiger partial charge < -0.3 is 10.1 Å². The molecule has 0 spiro atoms. The third kappa shape index (κ3) is 3.16. The van der Waals surface area contributed by atoms with Gasteiger partial charge in [-0.05, 0) is 49.8 Å². The number of aromatic nitrogens is 2. The highest BCUT2D eigenvalue weighted by atomic mass is 16.5. The van der Waals surface area contributed by atoms with E-state index in [9.17, 15) is 0 Å². The number of hydrogen-bond donors (Lipinski definition) is 1. The molecule has 1 saturated carbocycles. The summed E-state index contributed by atoms with van der Waals surface area (Å²) in [4.78, 5) is 9.13. The molecule has 2 heterocycles. The minimum atomic E-state index is 0.119. The lowest BCUT2D eigenvalue weighted by molar-refractivity contribution is 0.0541. The lowest BCUT2D eigenvalue weighted by atomic mass is 9.72. The largest absolute Gasteiger partial charge is 0.381 e. The van der Waals surface area contributed by atoms with E-state index in [0.717, 1.165) is 44.2 Å². The Hall–Kier alpha value is -1.94. The molecule has 1 N–H and O–H groups in total. The maximum Gasteiger partial charge on any atom is 0.133 e. The first-order valence-corrected chi connectivity index (χ1v) is 8.98. The van der Waals surface area contributed by atoms with Crippen LogP contribution in [0.2, 0.25) is 0 Å². The summed E-state index contributed by atoms with van der Waals surface area (Å²) in [5.74, 6) is 2.53. The van der Waals surface area contributed by atoms with Gasteiger partial charge >= 0.3 is 0 Å². The minimum absolute atomic E-state index is 0.119. The molecule has 4 nitrogen and oxygen atoms in total. The fourth-order valence-corrected chi connectivity index (χ4v) is 3.74. The number of nitrogens with zero attached hydrogens (tertiary/aromatic N) is 2. The first-order chi connectivity index (χ1) is 11.8. The molecule has 1 aliphatic heterocycles. The number of aryl methyl sites for hydroxylation is 1. The van der Waals surface area contributed by atoms with Gasteiger partial charge in [-0.1, -0.05) is 24.3 Å². The molecule has 2 aliphatic rings. The van der Waals surface area contributed by atoms with E-state index in [-0.39, 0.29) is 5.41 Å². The third-order valence-electron chi connectivity index (χ3n) is 5.39. The minimum Gasteiger partial charge on any atom is -0.381 e. The maximum atomic E-state index is 5.64. The van der Waals surface area contributed by atoms with Crippen molar-refractivity contribution in [2.45, 2.75) is 43.9 Å². The lowest BCUT2D eigenvalue weighted by Crippen LogP contribution is -2.40. The normalized spacial score (nSPS) is 19.9. The van der Waals surface area contributed by atoms with Gasteiger partial charge in [0.1, 0.15) is 11.6 Å². The summed E-state index contributed by atoms with van der Waals surface area (Å²) in [6, 6.07) is 10.7. The number of nitrogens with one attached hydrogen (secondary N) is 1. The average Bonchev–Trinajstić information content (AvgIpc) is 3.47. The molecule has 2 aromatic rings. The fraction of sp³-hybridized carbons (Fsp3) is 0.500. The van der Waals surface area contributed by atoms with Crippen LogP contribution in [0.5, 0.6) is 0 Å². The molecule has 4 rings (SSSR count). The first kappa shape index (κ1) is 15.6. The van der Waals surface area contributed by atoms with E-state index in [1.165, 1.54) is 24.0 Å². The first-order valence-electron chi connectivity index (χ1n) is 8.98. The van der Waals surface area contributed by atoms with Gasteiger partial charge in [-0.25, -0.2) is 9.97 Å². The van der Waals surface area contributed by atoms with Crippen LogP contribution in [0.25, 0.3) is 0 Å². The summed E-state index contributed by atoms with van der Waals surface area (Å²) in [7, 11) is 0. The Kier molecular flexibility index (Phi) is 4.23.